The van der Waals surface area contributed by atoms with Crippen LogP contribution in [0.3, 0.4) is 0 Å². The number of thioether (sulfide) groups is 1. The molecule has 0 aromatic heterocycles. The zero-order valence-electron chi connectivity index (χ0n) is 12.6. The highest BCUT2D eigenvalue weighted by Crippen LogP contribution is 2.20. The van der Waals surface area contributed by atoms with Crippen LogP contribution in [0.5, 0.6) is 0 Å². The molecule has 1 aliphatic heterocycles. The van der Waals surface area contributed by atoms with E-state index in [-0.39, 0.29) is 18.3 Å². The molecular formula is C16H24Cl2N2OS. The number of nitrogens with one attached hydrogen (secondary N) is 2. The average Bonchev–Trinajstić information content (AvgIpc) is 2.50. The fraction of sp³-hybridized carbons (Fsp3) is 0.562. The maximum absolute atomic E-state index is 11.8. The number of rotatable bonds is 7. The van der Waals surface area contributed by atoms with E-state index in [1.165, 1.54) is 12.8 Å². The van der Waals surface area contributed by atoms with Gasteiger partial charge in [-0.3, -0.25) is 4.79 Å². The lowest BCUT2D eigenvalue weighted by Crippen LogP contribution is -2.33. The third kappa shape index (κ3) is 7.73. The van der Waals surface area contributed by atoms with Gasteiger partial charge in [-0.1, -0.05) is 11.6 Å². The number of hydrogen-bond acceptors (Lipinski definition) is 3. The minimum Gasteiger partial charge on any atom is -0.356 e. The van der Waals surface area contributed by atoms with Gasteiger partial charge in [0.05, 0.1) is 0 Å². The van der Waals surface area contributed by atoms with Gasteiger partial charge in [0.2, 0.25) is 5.91 Å². The second kappa shape index (κ2) is 11.2. The number of hydrogen-bond donors (Lipinski definition) is 2. The molecule has 1 saturated heterocycles. The van der Waals surface area contributed by atoms with Crippen molar-refractivity contribution >= 4 is 41.7 Å². The topological polar surface area (TPSA) is 41.1 Å². The summed E-state index contributed by atoms with van der Waals surface area (Å²) in [6.45, 7) is 3.05. The van der Waals surface area contributed by atoms with Gasteiger partial charge in [0.15, 0.2) is 0 Å². The first-order valence-electron chi connectivity index (χ1n) is 7.60. The summed E-state index contributed by atoms with van der Waals surface area (Å²) in [7, 11) is 0. The molecule has 3 nitrogen and oxygen atoms in total. The summed E-state index contributed by atoms with van der Waals surface area (Å²) in [5, 5.41) is 7.17. The molecule has 1 aromatic carbocycles. The number of carbonyl (C=O) groups excluding carboxylic acids is 1. The molecule has 0 radical (unpaired) electrons. The minimum absolute atomic E-state index is 0. The first kappa shape index (κ1) is 19.6. The zero-order chi connectivity index (χ0) is 14.9. The van der Waals surface area contributed by atoms with Crippen molar-refractivity contribution in [3.8, 4) is 0 Å². The van der Waals surface area contributed by atoms with Crippen molar-refractivity contribution in [1.82, 2.24) is 10.6 Å². The molecule has 1 atom stereocenters. The van der Waals surface area contributed by atoms with Crippen LogP contribution in [0, 0.1) is 5.92 Å². The molecule has 1 aliphatic rings. The van der Waals surface area contributed by atoms with Crippen LogP contribution in [0.1, 0.15) is 25.7 Å². The summed E-state index contributed by atoms with van der Waals surface area (Å²) in [5.74, 6) is 1.68. The third-order valence-corrected chi connectivity index (χ3v) is 4.95. The third-order valence-electron chi connectivity index (χ3n) is 3.69. The Hall–Kier alpha value is -0.420. The Morgan fingerprint density at radius 3 is 2.82 bits per heavy atom. The van der Waals surface area contributed by atoms with E-state index in [0.29, 0.717) is 6.42 Å². The SMILES string of the molecule is Cl.O=C(CCSc1ccc(Cl)cc1)NCCC1CCCNC1. The largest absolute Gasteiger partial charge is 0.356 e. The molecule has 2 rings (SSSR count). The Balaban J connectivity index is 0.00000242. The van der Waals surface area contributed by atoms with Crippen molar-refractivity contribution in [2.24, 2.45) is 5.92 Å². The predicted octanol–water partition coefficient (Wildman–Crippen LogP) is 3.75. The Labute approximate surface area is 148 Å². The maximum Gasteiger partial charge on any atom is 0.220 e. The van der Waals surface area contributed by atoms with Gasteiger partial charge in [-0.2, -0.15) is 0 Å². The quantitative estimate of drug-likeness (QED) is 0.725. The van der Waals surface area contributed by atoms with Crippen LogP contribution in [-0.2, 0) is 4.79 Å². The first-order chi connectivity index (χ1) is 10.2. The van der Waals surface area contributed by atoms with Crippen LogP contribution in [0.25, 0.3) is 0 Å². The summed E-state index contributed by atoms with van der Waals surface area (Å²) < 4.78 is 0. The zero-order valence-corrected chi connectivity index (χ0v) is 15.0. The van der Waals surface area contributed by atoms with Gasteiger partial charge in [-0.15, -0.1) is 24.2 Å². The second-order valence-electron chi connectivity index (χ2n) is 5.40. The predicted molar refractivity (Wildman–Crippen MR) is 97.3 cm³/mol. The summed E-state index contributed by atoms with van der Waals surface area (Å²) in [5.41, 5.74) is 0. The maximum atomic E-state index is 11.8. The molecule has 2 N–H and O–H groups in total. The molecule has 0 aliphatic carbocycles. The van der Waals surface area contributed by atoms with Crippen LogP contribution in [-0.4, -0.2) is 31.3 Å². The monoisotopic (exact) mass is 362 g/mol. The van der Waals surface area contributed by atoms with Crippen molar-refractivity contribution < 1.29 is 4.79 Å². The average molecular weight is 363 g/mol. The second-order valence-corrected chi connectivity index (χ2v) is 7.01. The Morgan fingerprint density at radius 2 is 2.14 bits per heavy atom. The molecule has 1 heterocycles. The molecule has 124 valence electrons. The first-order valence-corrected chi connectivity index (χ1v) is 8.96. The van der Waals surface area contributed by atoms with E-state index in [9.17, 15) is 4.79 Å². The molecule has 1 aromatic rings. The molecular weight excluding hydrogens is 339 g/mol. The van der Waals surface area contributed by atoms with E-state index in [2.05, 4.69) is 10.6 Å². The van der Waals surface area contributed by atoms with Gasteiger partial charge in [-0.25, -0.2) is 0 Å². The molecule has 0 saturated carbocycles. The van der Waals surface area contributed by atoms with Crippen LogP contribution < -0.4 is 10.6 Å². The van der Waals surface area contributed by atoms with Gasteiger partial charge in [0, 0.05) is 28.6 Å². The van der Waals surface area contributed by atoms with E-state index in [4.69, 9.17) is 11.6 Å². The Bertz CT molecular complexity index is 436. The normalized spacial score (nSPS) is 17.6. The van der Waals surface area contributed by atoms with Crippen molar-refractivity contribution in [2.45, 2.75) is 30.6 Å². The van der Waals surface area contributed by atoms with Gasteiger partial charge < -0.3 is 10.6 Å². The Morgan fingerprint density at radius 1 is 1.36 bits per heavy atom. The molecule has 0 spiro atoms. The smallest absolute Gasteiger partial charge is 0.220 e. The summed E-state index contributed by atoms with van der Waals surface area (Å²) in [6.07, 6.45) is 4.20. The number of carbonyl (C=O) groups is 1. The van der Waals surface area contributed by atoms with Crippen LogP contribution in [0.4, 0.5) is 0 Å². The lowest BCUT2D eigenvalue weighted by Gasteiger charge is -2.22. The Kier molecular flexibility index (Phi) is 9.96. The standard InChI is InChI=1S/C16H23ClN2OS.ClH/c17-14-3-5-15(6-4-14)21-11-8-16(20)19-10-7-13-2-1-9-18-12-13;/h3-6,13,18H,1-2,7-12H2,(H,19,20);1H. The van der Waals surface area contributed by atoms with Gasteiger partial charge >= 0.3 is 0 Å². The number of amides is 1. The van der Waals surface area contributed by atoms with E-state index in [1.807, 2.05) is 24.3 Å². The van der Waals surface area contributed by atoms with Gasteiger partial charge in [0.25, 0.3) is 0 Å². The molecule has 1 unspecified atom stereocenters. The fourth-order valence-corrected chi connectivity index (χ4v) is 3.44. The van der Waals surface area contributed by atoms with Crippen LogP contribution >= 0.6 is 35.8 Å². The van der Waals surface area contributed by atoms with E-state index in [0.717, 1.165) is 47.6 Å². The number of halogens is 2. The summed E-state index contributed by atoms with van der Waals surface area (Å²) in [6, 6.07) is 7.73. The lowest BCUT2D eigenvalue weighted by atomic mass is 9.96. The van der Waals surface area contributed by atoms with Crippen LogP contribution in [0.15, 0.2) is 29.2 Å². The molecule has 0 bridgehead atoms. The van der Waals surface area contributed by atoms with E-state index >= 15 is 0 Å². The molecule has 22 heavy (non-hydrogen) atoms. The van der Waals surface area contributed by atoms with Crippen molar-refractivity contribution in [3.63, 3.8) is 0 Å². The molecule has 6 heteroatoms. The number of benzene rings is 1. The fourth-order valence-electron chi connectivity index (χ4n) is 2.47. The lowest BCUT2D eigenvalue weighted by molar-refractivity contribution is -0.120. The highest BCUT2D eigenvalue weighted by Gasteiger charge is 2.12. The number of piperidine rings is 1. The van der Waals surface area contributed by atoms with E-state index in [1.54, 1.807) is 11.8 Å². The summed E-state index contributed by atoms with van der Waals surface area (Å²) in [4.78, 5) is 12.9. The van der Waals surface area contributed by atoms with Gasteiger partial charge in [0.1, 0.15) is 0 Å². The van der Waals surface area contributed by atoms with E-state index < -0.39 is 0 Å². The van der Waals surface area contributed by atoms with Crippen molar-refractivity contribution in [1.29, 1.82) is 0 Å². The molecule has 1 amide bonds. The minimum atomic E-state index is 0. The summed E-state index contributed by atoms with van der Waals surface area (Å²) >= 11 is 7.53. The highest BCUT2D eigenvalue weighted by molar-refractivity contribution is 7.99. The highest BCUT2D eigenvalue weighted by atomic mass is 35.5. The van der Waals surface area contributed by atoms with Gasteiger partial charge in [-0.05, 0) is 62.5 Å². The van der Waals surface area contributed by atoms with Crippen molar-refractivity contribution in [3.05, 3.63) is 29.3 Å². The van der Waals surface area contributed by atoms with Crippen molar-refractivity contribution in [2.75, 3.05) is 25.4 Å². The van der Waals surface area contributed by atoms with Crippen LogP contribution in [0.2, 0.25) is 5.02 Å². The molecule has 1 fully saturated rings.